The molecule has 8 nitrogen and oxygen atoms in total. The Morgan fingerprint density at radius 1 is 1.03 bits per heavy atom. The number of rotatable bonds is 5. The maximum Gasteiger partial charge on any atom is 0.258 e. The highest BCUT2D eigenvalue weighted by molar-refractivity contribution is 6.30. The van der Waals surface area contributed by atoms with Gasteiger partial charge in [0.2, 0.25) is 0 Å². The molecule has 0 spiro atoms. The number of nitrogens with two attached hydrogens (primary N) is 1. The number of aryl methyl sites for hydroxylation is 1. The Kier molecular flexibility index (Phi) is 7.07. The van der Waals surface area contributed by atoms with Gasteiger partial charge in [-0.3, -0.25) is 14.6 Å². The van der Waals surface area contributed by atoms with Crippen LogP contribution >= 0.6 is 11.6 Å². The number of guanidine groups is 1. The van der Waals surface area contributed by atoms with E-state index in [1.165, 1.54) is 6.20 Å². The van der Waals surface area contributed by atoms with Crippen molar-refractivity contribution in [2.45, 2.75) is 6.92 Å². The van der Waals surface area contributed by atoms with Crippen molar-refractivity contribution >= 4 is 46.6 Å². The Bertz CT molecular complexity index is 1160. The van der Waals surface area contributed by atoms with Crippen molar-refractivity contribution in [2.24, 2.45) is 10.7 Å². The average molecular weight is 451 g/mol. The Balaban J connectivity index is 1.79. The highest BCUT2D eigenvalue weighted by atomic mass is 35.5. The summed E-state index contributed by atoms with van der Waals surface area (Å²) >= 11 is 5.84. The molecule has 0 saturated carbocycles. The SMILES string of the molecule is CN=C(N)N(C)c1ccc(C(=O)Nc2ccc(C)cc2C(=O)Nc2ccc(Cl)cn2)cc1. The molecule has 164 valence electrons. The van der Waals surface area contributed by atoms with E-state index in [4.69, 9.17) is 17.3 Å². The van der Waals surface area contributed by atoms with E-state index in [0.717, 1.165) is 11.3 Å². The fraction of sp³-hybridized carbons (Fsp3) is 0.130. The molecule has 0 aliphatic heterocycles. The number of pyridine rings is 1. The molecule has 1 aromatic heterocycles. The van der Waals surface area contributed by atoms with Gasteiger partial charge < -0.3 is 21.3 Å². The molecule has 9 heteroatoms. The van der Waals surface area contributed by atoms with Gasteiger partial charge in [-0.2, -0.15) is 0 Å². The quantitative estimate of drug-likeness (QED) is 0.402. The third-order valence-electron chi connectivity index (χ3n) is 4.73. The van der Waals surface area contributed by atoms with Crippen molar-refractivity contribution in [3.63, 3.8) is 0 Å². The number of aromatic nitrogens is 1. The van der Waals surface area contributed by atoms with Crippen LogP contribution in [-0.4, -0.2) is 36.9 Å². The molecule has 0 aliphatic carbocycles. The van der Waals surface area contributed by atoms with Crippen LogP contribution in [0.25, 0.3) is 0 Å². The van der Waals surface area contributed by atoms with Gasteiger partial charge in [0.1, 0.15) is 5.82 Å². The molecular formula is C23H23ClN6O2. The van der Waals surface area contributed by atoms with E-state index >= 15 is 0 Å². The van der Waals surface area contributed by atoms with E-state index in [2.05, 4.69) is 20.6 Å². The Hall–Kier alpha value is -3.91. The number of anilines is 3. The molecule has 0 unspecified atom stereocenters. The van der Waals surface area contributed by atoms with E-state index in [1.807, 2.05) is 13.0 Å². The monoisotopic (exact) mass is 450 g/mol. The van der Waals surface area contributed by atoms with Crippen molar-refractivity contribution in [1.29, 1.82) is 0 Å². The zero-order valence-electron chi connectivity index (χ0n) is 17.9. The van der Waals surface area contributed by atoms with Crippen molar-refractivity contribution in [3.05, 3.63) is 82.5 Å². The lowest BCUT2D eigenvalue weighted by Gasteiger charge is -2.18. The molecule has 0 bridgehead atoms. The Morgan fingerprint density at radius 3 is 2.38 bits per heavy atom. The molecule has 1 heterocycles. The number of aliphatic imine (C=N–C) groups is 1. The van der Waals surface area contributed by atoms with Crippen LogP contribution in [0.3, 0.4) is 0 Å². The standard InChI is InChI=1S/C23H23ClN6O2/c1-14-4-10-19(18(12-14)22(32)29-20-11-7-16(24)13-27-20)28-21(31)15-5-8-17(9-6-15)30(3)23(25)26-2/h4-13H,1-3H3,(H2,25,26)(H,28,31)(H,27,29,32). The summed E-state index contributed by atoms with van der Waals surface area (Å²) < 4.78 is 0. The average Bonchev–Trinajstić information content (AvgIpc) is 2.80. The summed E-state index contributed by atoms with van der Waals surface area (Å²) in [5, 5.41) is 5.99. The largest absolute Gasteiger partial charge is 0.370 e. The first-order valence-corrected chi connectivity index (χ1v) is 10.1. The van der Waals surface area contributed by atoms with E-state index in [9.17, 15) is 9.59 Å². The van der Waals surface area contributed by atoms with Gasteiger partial charge in [-0.15, -0.1) is 0 Å². The van der Waals surface area contributed by atoms with E-state index in [1.54, 1.807) is 67.5 Å². The number of carbonyl (C=O) groups is 2. The summed E-state index contributed by atoms with van der Waals surface area (Å²) in [5.74, 6) is -0.0375. The first-order chi connectivity index (χ1) is 15.3. The number of hydrogen-bond donors (Lipinski definition) is 3. The fourth-order valence-electron chi connectivity index (χ4n) is 2.90. The maximum absolute atomic E-state index is 12.8. The van der Waals surface area contributed by atoms with Gasteiger partial charge in [0.05, 0.1) is 16.3 Å². The summed E-state index contributed by atoms with van der Waals surface area (Å²) in [6, 6.07) is 15.3. The van der Waals surface area contributed by atoms with Crippen LogP contribution in [0.4, 0.5) is 17.2 Å². The first kappa shape index (κ1) is 22.8. The van der Waals surface area contributed by atoms with Gasteiger partial charge in [-0.1, -0.05) is 23.2 Å². The third-order valence-corrected chi connectivity index (χ3v) is 4.95. The molecule has 0 fully saturated rings. The van der Waals surface area contributed by atoms with Crippen molar-refractivity contribution in [1.82, 2.24) is 4.98 Å². The molecule has 0 aliphatic rings. The molecule has 3 aromatic rings. The molecule has 0 saturated heterocycles. The summed E-state index contributed by atoms with van der Waals surface area (Å²) in [6.45, 7) is 1.86. The van der Waals surface area contributed by atoms with Crippen LogP contribution in [0.15, 0.2) is 65.8 Å². The van der Waals surface area contributed by atoms with Gasteiger partial charge >= 0.3 is 0 Å². The second-order valence-corrected chi connectivity index (χ2v) is 7.44. The fourth-order valence-corrected chi connectivity index (χ4v) is 3.01. The molecule has 4 N–H and O–H groups in total. The normalized spacial score (nSPS) is 11.1. The van der Waals surface area contributed by atoms with Crippen LogP contribution in [0, 0.1) is 6.92 Å². The molecule has 0 atom stereocenters. The number of amides is 2. The minimum absolute atomic E-state index is 0.318. The number of halogens is 1. The number of nitrogens with zero attached hydrogens (tertiary/aromatic N) is 3. The zero-order valence-corrected chi connectivity index (χ0v) is 18.6. The number of nitrogens with one attached hydrogen (secondary N) is 2. The molecule has 32 heavy (non-hydrogen) atoms. The molecular weight excluding hydrogens is 428 g/mol. The van der Waals surface area contributed by atoms with Gasteiger partial charge in [-0.05, 0) is 55.5 Å². The van der Waals surface area contributed by atoms with Crippen molar-refractivity contribution in [3.8, 4) is 0 Å². The molecule has 0 radical (unpaired) electrons. The molecule has 2 aromatic carbocycles. The van der Waals surface area contributed by atoms with Crippen molar-refractivity contribution < 1.29 is 9.59 Å². The zero-order chi connectivity index (χ0) is 23.3. The van der Waals surface area contributed by atoms with Gasteiger partial charge in [0.25, 0.3) is 11.8 Å². The van der Waals surface area contributed by atoms with Gasteiger partial charge in [-0.25, -0.2) is 4.98 Å². The summed E-state index contributed by atoms with van der Waals surface area (Å²) in [4.78, 5) is 35.4. The highest BCUT2D eigenvalue weighted by Crippen LogP contribution is 2.21. The van der Waals surface area contributed by atoms with Crippen LogP contribution in [-0.2, 0) is 0 Å². The topological polar surface area (TPSA) is 113 Å². The summed E-state index contributed by atoms with van der Waals surface area (Å²) in [6.07, 6.45) is 1.44. The summed E-state index contributed by atoms with van der Waals surface area (Å²) in [5.41, 5.74) is 8.61. The summed E-state index contributed by atoms with van der Waals surface area (Å²) in [7, 11) is 3.39. The van der Waals surface area contributed by atoms with Crippen LogP contribution in [0.5, 0.6) is 0 Å². The number of carbonyl (C=O) groups excluding carboxylic acids is 2. The second-order valence-electron chi connectivity index (χ2n) is 7.01. The predicted octanol–water partition coefficient (Wildman–Crippen LogP) is 3.93. The molecule has 2 amide bonds. The Labute approximate surface area is 191 Å². The number of hydrogen-bond acceptors (Lipinski definition) is 4. The van der Waals surface area contributed by atoms with E-state index < -0.39 is 5.91 Å². The lowest BCUT2D eigenvalue weighted by atomic mass is 10.1. The molecule has 3 rings (SSSR count). The second kappa shape index (κ2) is 9.93. The van der Waals surface area contributed by atoms with Gasteiger partial charge in [0, 0.05) is 31.5 Å². The lowest BCUT2D eigenvalue weighted by Crippen LogP contribution is -2.33. The smallest absolute Gasteiger partial charge is 0.258 e. The van der Waals surface area contributed by atoms with Crippen molar-refractivity contribution in [2.75, 3.05) is 29.6 Å². The lowest BCUT2D eigenvalue weighted by molar-refractivity contribution is 0.102. The highest BCUT2D eigenvalue weighted by Gasteiger charge is 2.16. The van der Waals surface area contributed by atoms with Gasteiger partial charge in [0.15, 0.2) is 5.96 Å². The van der Waals surface area contributed by atoms with E-state index in [-0.39, 0.29) is 5.91 Å². The van der Waals surface area contributed by atoms with E-state index in [0.29, 0.717) is 33.6 Å². The Morgan fingerprint density at radius 2 is 1.75 bits per heavy atom. The maximum atomic E-state index is 12.8. The first-order valence-electron chi connectivity index (χ1n) is 9.69. The minimum atomic E-state index is -0.398. The number of benzene rings is 2. The minimum Gasteiger partial charge on any atom is -0.370 e. The predicted molar refractivity (Wildman–Crippen MR) is 129 cm³/mol. The third kappa shape index (κ3) is 5.41. The van der Waals surface area contributed by atoms with Crippen LogP contribution < -0.4 is 21.3 Å². The van der Waals surface area contributed by atoms with Crippen LogP contribution in [0.1, 0.15) is 26.3 Å². The van der Waals surface area contributed by atoms with Crippen LogP contribution in [0.2, 0.25) is 5.02 Å².